The summed E-state index contributed by atoms with van der Waals surface area (Å²) in [5.41, 5.74) is 0.506. The van der Waals surface area contributed by atoms with Crippen molar-refractivity contribution in [3.8, 4) is 0 Å². The van der Waals surface area contributed by atoms with Crippen molar-refractivity contribution in [1.82, 2.24) is 15.0 Å². The van der Waals surface area contributed by atoms with Gasteiger partial charge in [-0.2, -0.15) is 0 Å². The molecule has 2 rings (SSSR count). The summed E-state index contributed by atoms with van der Waals surface area (Å²) in [6.45, 7) is 4.24. The first-order valence-corrected chi connectivity index (χ1v) is 5.60. The van der Waals surface area contributed by atoms with E-state index in [4.69, 9.17) is 0 Å². The van der Waals surface area contributed by atoms with E-state index >= 15 is 0 Å². The Hall–Kier alpha value is -1.71. The minimum atomic E-state index is -0.123. The maximum Gasteiger partial charge on any atom is 0.249 e. The Kier molecular flexibility index (Phi) is 2.99. The van der Waals surface area contributed by atoms with E-state index in [1.165, 1.54) is 6.07 Å². The van der Waals surface area contributed by atoms with E-state index in [1.807, 2.05) is 0 Å². The highest BCUT2D eigenvalue weighted by Crippen LogP contribution is 2.19. The van der Waals surface area contributed by atoms with Gasteiger partial charge in [0.15, 0.2) is 0 Å². The summed E-state index contributed by atoms with van der Waals surface area (Å²) in [5, 5.41) is 0.870. The first-order chi connectivity index (χ1) is 7.74. The highest BCUT2D eigenvalue weighted by atomic mass is 16.1. The van der Waals surface area contributed by atoms with E-state index in [0.717, 1.165) is 24.1 Å². The third-order valence-corrected chi connectivity index (χ3v) is 2.84. The number of pyridine rings is 1. The number of aromatic amines is 1. The topological polar surface area (TPSA) is 58.6 Å². The quantitative estimate of drug-likeness (QED) is 0.857. The van der Waals surface area contributed by atoms with Crippen LogP contribution in [0.5, 0.6) is 0 Å². The Morgan fingerprint density at radius 2 is 2.06 bits per heavy atom. The van der Waals surface area contributed by atoms with Crippen LogP contribution in [0.15, 0.2) is 23.1 Å². The molecule has 0 spiro atoms. The molecule has 2 aromatic heterocycles. The predicted octanol–water partition coefficient (Wildman–Crippen LogP) is 2.22. The largest absolute Gasteiger partial charge is 0.306 e. The molecule has 0 radical (unpaired) electrons. The third kappa shape index (κ3) is 1.96. The van der Waals surface area contributed by atoms with Crippen LogP contribution in [0.3, 0.4) is 0 Å². The standard InChI is InChI=1S/C12H15N3O/c1-3-8(4-2)11-13-7-9-5-6-10(16)14-12(9)15-11/h5-8H,3-4H2,1-2H3,(H,13,14,15,16). The second-order valence-corrected chi connectivity index (χ2v) is 3.87. The van der Waals surface area contributed by atoms with Gasteiger partial charge in [0.25, 0.3) is 0 Å². The van der Waals surface area contributed by atoms with Crippen LogP contribution in [0.2, 0.25) is 0 Å². The van der Waals surface area contributed by atoms with E-state index in [0.29, 0.717) is 11.6 Å². The first kappa shape index (κ1) is 10.8. The molecule has 1 N–H and O–H groups in total. The van der Waals surface area contributed by atoms with E-state index in [2.05, 4.69) is 28.8 Å². The summed E-state index contributed by atoms with van der Waals surface area (Å²) in [6.07, 6.45) is 3.80. The van der Waals surface area contributed by atoms with E-state index < -0.39 is 0 Å². The van der Waals surface area contributed by atoms with Crippen molar-refractivity contribution in [1.29, 1.82) is 0 Å². The Labute approximate surface area is 93.8 Å². The fourth-order valence-corrected chi connectivity index (χ4v) is 1.80. The first-order valence-electron chi connectivity index (χ1n) is 5.60. The van der Waals surface area contributed by atoms with E-state index in [1.54, 1.807) is 12.3 Å². The molecule has 4 nitrogen and oxygen atoms in total. The van der Waals surface area contributed by atoms with Gasteiger partial charge in [-0.05, 0) is 18.9 Å². The van der Waals surface area contributed by atoms with Crippen LogP contribution >= 0.6 is 0 Å². The van der Waals surface area contributed by atoms with Crippen LogP contribution in [0.4, 0.5) is 0 Å². The smallest absolute Gasteiger partial charge is 0.249 e. The minimum Gasteiger partial charge on any atom is -0.306 e. The zero-order valence-corrected chi connectivity index (χ0v) is 9.53. The van der Waals surface area contributed by atoms with E-state index in [9.17, 15) is 4.79 Å². The minimum absolute atomic E-state index is 0.123. The zero-order chi connectivity index (χ0) is 11.5. The summed E-state index contributed by atoms with van der Waals surface area (Å²) in [6, 6.07) is 3.23. The normalized spacial score (nSPS) is 11.2. The van der Waals surface area contributed by atoms with Gasteiger partial charge in [0.2, 0.25) is 5.56 Å². The highest BCUT2D eigenvalue weighted by Gasteiger charge is 2.10. The van der Waals surface area contributed by atoms with Crippen LogP contribution in [0, 0.1) is 0 Å². The summed E-state index contributed by atoms with van der Waals surface area (Å²) in [5.74, 6) is 1.19. The maximum absolute atomic E-state index is 11.2. The summed E-state index contributed by atoms with van der Waals surface area (Å²) < 4.78 is 0. The molecular formula is C12H15N3O. The number of nitrogens with zero attached hydrogens (tertiary/aromatic N) is 2. The number of fused-ring (bicyclic) bond motifs is 1. The number of H-pyrrole nitrogens is 1. The number of hydrogen-bond donors (Lipinski definition) is 1. The van der Waals surface area contributed by atoms with Crippen molar-refractivity contribution in [2.45, 2.75) is 32.6 Å². The number of aromatic nitrogens is 3. The van der Waals surface area contributed by atoms with Crippen molar-refractivity contribution in [3.05, 3.63) is 34.5 Å². The van der Waals surface area contributed by atoms with Gasteiger partial charge in [0, 0.05) is 23.6 Å². The van der Waals surface area contributed by atoms with Crippen LogP contribution in [-0.2, 0) is 0 Å². The Balaban J connectivity index is 2.54. The third-order valence-electron chi connectivity index (χ3n) is 2.84. The van der Waals surface area contributed by atoms with Gasteiger partial charge in [-0.3, -0.25) is 4.79 Å². The fourth-order valence-electron chi connectivity index (χ4n) is 1.80. The highest BCUT2D eigenvalue weighted by molar-refractivity contribution is 5.72. The van der Waals surface area contributed by atoms with Gasteiger partial charge in [-0.15, -0.1) is 0 Å². The number of nitrogens with one attached hydrogen (secondary N) is 1. The van der Waals surface area contributed by atoms with Gasteiger partial charge in [-0.25, -0.2) is 9.97 Å². The lowest BCUT2D eigenvalue weighted by Crippen LogP contribution is -2.07. The average molecular weight is 217 g/mol. The fraction of sp³-hybridized carbons (Fsp3) is 0.417. The van der Waals surface area contributed by atoms with Crippen LogP contribution in [-0.4, -0.2) is 15.0 Å². The van der Waals surface area contributed by atoms with Gasteiger partial charge in [-0.1, -0.05) is 13.8 Å². The van der Waals surface area contributed by atoms with Crippen molar-refractivity contribution >= 4 is 11.0 Å². The van der Waals surface area contributed by atoms with Gasteiger partial charge < -0.3 is 4.98 Å². The molecule has 0 bridgehead atoms. The Bertz CT molecular complexity index is 543. The zero-order valence-electron chi connectivity index (χ0n) is 9.53. The monoisotopic (exact) mass is 217 g/mol. The molecule has 16 heavy (non-hydrogen) atoms. The van der Waals surface area contributed by atoms with Crippen molar-refractivity contribution in [2.24, 2.45) is 0 Å². The molecule has 0 atom stereocenters. The lowest BCUT2D eigenvalue weighted by molar-refractivity contribution is 0.604. The van der Waals surface area contributed by atoms with Gasteiger partial charge in [0.05, 0.1) is 0 Å². The molecule has 0 saturated heterocycles. The molecule has 0 saturated carbocycles. The maximum atomic E-state index is 11.2. The predicted molar refractivity (Wildman–Crippen MR) is 63.5 cm³/mol. The van der Waals surface area contributed by atoms with E-state index in [-0.39, 0.29) is 5.56 Å². The summed E-state index contributed by atoms with van der Waals surface area (Å²) in [7, 11) is 0. The lowest BCUT2D eigenvalue weighted by Gasteiger charge is -2.10. The van der Waals surface area contributed by atoms with Crippen LogP contribution < -0.4 is 5.56 Å². The van der Waals surface area contributed by atoms with Gasteiger partial charge in [0.1, 0.15) is 11.5 Å². The molecule has 0 aliphatic carbocycles. The molecule has 4 heteroatoms. The molecule has 0 aliphatic rings. The lowest BCUT2D eigenvalue weighted by atomic mass is 10.0. The van der Waals surface area contributed by atoms with Crippen molar-refractivity contribution in [3.63, 3.8) is 0 Å². The van der Waals surface area contributed by atoms with Crippen LogP contribution in [0.1, 0.15) is 38.4 Å². The second-order valence-electron chi connectivity index (χ2n) is 3.87. The number of rotatable bonds is 3. The Morgan fingerprint density at radius 3 is 2.75 bits per heavy atom. The summed E-state index contributed by atoms with van der Waals surface area (Å²) in [4.78, 5) is 22.7. The molecule has 0 aromatic carbocycles. The Morgan fingerprint density at radius 1 is 1.31 bits per heavy atom. The second kappa shape index (κ2) is 4.43. The van der Waals surface area contributed by atoms with Crippen LogP contribution in [0.25, 0.3) is 11.0 Å². The molecule has 0 amide bonds. The van der Waals surface area contributed by atoms with Crippen molar-refractivity contribution < 1.29 is 0 Å². The molecule has 2 heterocycles. The molecule has 0 unspecified atom stereocenters. The average Bonchev–Trinajstić information content (AvgIpc) is 2.30. The number of hydrogen-bond acceptors (Lipinski definition) is 3. The molecule has 84 valence electrons. The van der Waals surface area contributed by atoms with Crippen molar-refractivity contribution in [2.75, 3.05) is 0 Å². The molecule has 0 aliphatic heterocycles. The molecular weight excluding hydrogens is 202 g/mol. The molecule has 0 fully saturated rings. The van der Waals surface area contributed by atoms with Gasteiger partial charge >= 0.3 is 0 Å². The summed E-state index contributed by atoms with van der Waals surface area (Å²) >= 11 is 0. The SMILES string of the molecule is CCC(CC)c1ncc2ccc(=O)[nH]c2n1. The molecule has 2 aromatic rings.